The van der Waals surface area contributed by atoms with Gasteiger partial charge in [0.1, 0.15) is 5.78 Å². The predicted molar refractivity (Wildman–Crippen MR) is 95.4 cm³/mol. The van der Waals surface area contributed by atoms with Crippen LogP contribution in [0.2, 0.25) is 18.1 Å². The fourth-order valence-corrected chi connectivity index (χ4v) is 5.80. The molecule has 1 unspecified atom stereocenters. The normalized spacial score (nSPS) is 34.8. The molecule has 3 heteroatoms. The van der Waals surface area contributed by atoms with E-state index in [2.05, 4.69) is 54.3 Å². The van der Waals surface area contributed by atoms with Gasteiger partial charge in [-0.2, -0.15) is 0 Å². The molecule has 0 spiro atoms. The molecule has 0 amide bonds. The molecule has 2 aliphatic carbocycles. The van der Waals surface area contributed by atoms with Crippen molar-refractivity contribution in [3.05, 3.63) is 12.7 Å². The summed E-state index contributed by atoms with van der Waals surface area (Å²) >= 11 is 0. The van der Waals surface area contributed by atoms with Crippen LogP contribution in [0.25, 0.3) is 0 Å². The van der Waals surface area contributed by atoms with Crippen LogP contribution in [0.15, 0.2) is 12.7 Å². The minimum Gasteiger partial charge on any atom is -0.413 e. The first kappa shape index (κ1) is 17.9. The van der Waals surface area contributed by atoms with Crippen LogP contribution in [0.1, 0.15) is 53.9 Å². The monoisotopic (exact) mass is 322 g/mol. The molecule has 0 aromatic carbocycles. The fourth-order valence-electron chi connectivity index (χ4n) is 4.43. The van der Waals surface area contributed by atoms with Crippen molar-refractivity contribution in [3.63, 3.8) is 0 Å². The van der Waals surface area contributed by atoms with Crippen molar-refractivity contribution < 1.29 is 9.22 Å². The number of rotatable bonds is 4. The lowest BCUT2D eigenvalue weighted by Gasteiger charge is -2.47. The third-order valence-corrected chi connectivity index (χ3v) is 11.2. The standard InChI is InChI=1S/C19H34O2Si/c1-9-10-13-14-11-12-15(16(17(13)20)19(14,5)6)21-22(7,8)18(2,3)4/h9,13-16H,1,10-12H2,2-8H3/t13?,14-,15+,16+/m0/s1. The Morgan fingerprint density at radius 3 is 2.41 bits per heavy atom. The Kier molecular flexibility index (Phi) is 4.56. The molecular formula is C19H34O2Si. The summed E-state index contributed by atoms with van der Waals surface area (Å²) in [4.78, 5) is 13.0. The Balaban J connectivity index is 2.27. The number of ketones is 1. The van der Waals surface area contributed by atoms with Gasteiger partial charge in [0.2, 0.25) is 0 Å². The zero-order valence-corrected chi connectivity index (χ0v) is 16.5. The highest BCUT2D eigenvalue weighted by Crippen LogP contribution is 2.58. The van der Waals surface area contributed by atoms with Crippen LogP contribution in [-0.2, 0) is 9.22 Å². The van der Waals surface area contributed by atoms with E-state index in [9.17, 15) is 4.79 Å². The van der Waals surface area contributed by atoms with Crippen molar-refractivity contribution in [3.8, 4) is 0 Å². The fraction of sp³-hybridized carbons (Fsp3) is 0.842. The van der Waals surface area contributed by atoms with Crippen molar-refractivity contribution >= 4 is 14.1 Å². The van der Waals surface area contributed by atoms with E-state index in [1.807, 2.05) is 6.08 Å². The molecule has 22 heavy (non-hydrogen) atoms. The van der Waals surface area contributed by atoms with Gasteiger partial charge in [-0.1, -0.05) is 40.7 Å². The van der Waals surface area contributed by atoms with E-state index >= 15 is 0 Å². The first-order chi connectivity index (χ1) is 9.93. The van der Waals surface area contributed by atoms with Crippen LogP contribution in [0, 0.1) is 23.2 Å². The minimum absolute atomic E-state index is 0.0655. The summed E-state index contributed by atoms with van der Waals surface area (Å²) in [6, 6.07) is 0. The van der Waals surface area contributed by atoms with E-state index in [4.69, 9.17) is 4.43 Å². The van der Waals surface area contributed by atoms with Crippen LogP contribution in [0.5, 0.6) is 0 Å². The average Bonchev–Trinajstić information content (AvgIpc) is 2.44. The number of carbonyl (C=O) groups excluding carboxylic acids is 1. The summed E-state index contributed by atoms with van der Waals surface area (Å²) < 4.78 is 6.70. The lowest BCUT2D eigenvalue weighted by molar-refractivity contribution is -0.128. The summed E-state index contributed by atoms with van der Waals surface area (Å²) in [5.41, 5.74) is 0.0655. The van der Waals surface area contributed by atoms with E-state index in [0.29, 0.717) is 11.7 Å². The highest BCUT2D eigenvalue weighted by atomic mass is 28.4. The van der Waals surface area contributed by atoms with Crippen LogP contribution in [-0.4, -0.2) is 20.2 Å². The van der Waals surface area contributed by atoms with Crippen molar-refractivity contribution in [1.82, 2.24) is 0 Å². The lowest BCUT2D eigenvalue weighted by atomic mass is 9.65. The molecule has 0 aliphatic heterocycles. The molecule has 4 atom stereocenters. The van der Waals surface area contributed by atoms with Crippen molar-refractivity contribution in [2.45, 2.75) is 78.1 Å². The molecule has 126 valence electrons. The number of allylic oxidation sites excluding steroid dienone is 1. The van der Waals surface area contributed by atoms with E-state index in [-0.39, 0.29) is 28.4 Å². The Labute approximate surface area is 137 Å². The highest BCUT2D eigenvalue weighted by molar-refractivity contribution is 6.74. The Morgan fingerprint density at radius 1 is 1.32 bits per heavy atom. The number of hydrogen-bond donors (Lipinski definition) is 0. The molecule has 2 fully saturated rings. The third-order valence-electron chi connectivity index (χ3n) is 6.72. The molecule has 0 N–H and O–H groups in total. The van der Waals surface area contributed by atoms with Gasteiger partial charge >= 0.3 is 0 Å². The zero-order chi connectivity index (χ0) is 16.9. The maximum atomic E-state index is 13.0. The molecule has 2 saturated carbocycles. The van der Waals surface area contributed by atoms with Gasteiger partial charge in [0.25, 0.3) is 0 Å². The van der Waals surface area contributed by atoms with Crippen molar-refractivity contribution in [1.29, 1.82) is 0 Å². The summed E-state index contributed by atoms with van der Waals surface area (Å²) in [7, 11) is -1.84. The average molecular weight is 323 g/mol. The molecular weight excluding hydrogens is 288 g/mol. The summed E-state index contributed by atoms with van der Waals surface area (Å²) in [6.07, 6.45) is 5.03. The molecule has 0 heterocycles. The molecule has 2 rings (SSSR count). The molecule has 0 aromatic rings. The predicted octanol–water partition coefficient (Wildman–Crippen LogP) is 5.20. The van der Waals surface area contributed by atoms with Crippen LogP contribution in [0.4, 0.5) is 0 Å². The number of carbonyl (C=O) groups is 1. The SMILES string of the molecule is C=CCC1C(=O)[C@H]2[C@H](O[Si](C)(C)C(C)(C)C)CC[C@@H]1C2(C)C. The van der Waals surface area contributed by atoms with E-state index in [0.717, 1.165) is 19.3 Å². The Hall–Kier alpha value is -0.413. The molecule has 0 saturated heterocycles. The maximum absolute atomic E-state index is 13.0. The second kappa shape index (κ2) is 5.59. The molecule has 0 radical (unpaired) electrons. The van der Waals surface area contributed by atoms with Gasteiger partial charge in [-0.3, -0.25) is 4.79 Å². The summed E-state index contributed by atoms with van der Waals surface area (Å²) in [5.74, 6) is 1.19. The quantitative estimate of drug-likeness (QED) is 0.525. The van der Waals surface area contributed by atoms with Crippen LogP contribution in [0.3, 0.4) is 0 Å². The molecule has 2 bridgehead atoms. The van der Waals surface area contributed by atoms with Gasteiger partial charge < -0.3 is 4.43 Å². The Morgan fingerprint density at radius 2 is 1.91 bits per heavy atom. The topological polar surface area (TPSA) is 26.3 Å². The van der Waals surface area contributed by atoms with Crippen molar-refractivity contribution in [2.24, 2.45) is 23.2 Å². The van der Waals surface area contributed by atoms with Gasteiger partial charge in [0.15, 0.2) is 8.32 Å². The lowest BCUT2D eigenvalue weighted by Crippen LogP contribution is -2.50. The van der Waals surface area contributed by atoms with E-state index < -0.39 is 8.32 Å². The second-order valence-corrected chi connectivity index (χ2v) is 14.2. The third kappa shape index (κ3) is 2.75. The molecule has 2 nitrogen and oxygen atoms in total. The number of Topliss-reactive ketones (excluding diaryl/α,β-unsaturated/α-hetero) is 1. The zero-order valence-electron chi connectivity index (χ0n) is 15.5. The molecule has 0 aromatic heterocycles. The first-order valence-corrected chi connectivity index (χ1v) is 11.7. The number of hydrogen-bond acceptors (Lipinski definition) is 2. The summed E-state index contributed by atoms with van der Waals surface area (Å²) in [6.45, 7) is 19.8. The first-order valence-electron chi connectivity index (χ1n) is 8.76. The smallest absolute Gasteiger partial charge is 0.192 e. The van der Waals surface area contributed by atoms with Gasteiger partial charge in [-0.05, 0) is 48.7 Å². The minimum atomic E-state index is -1.84. The van der Waals surface area contributed by atoms with Gasteiger partial charge in [0.05, 0.1) is 6.10 Å². The highest BCUT2D eigenvalue weighted by Gasteiger charge is 2.60. The summed E-state index contributed by atoms with van der Waals surface area (Å²) in [5, 5.41) is 0.191. The van der Waals surface area contributed by atoms with Gasteiger partial charge in [-0.15, -0.1) is 6.58 Å². The Bertz CT molecular complexity index is 459. The maximum Gasteiger partial charge on any atom is 0.192 e. The van der Waals surface area contributed by atoms with Crippen LogP contribution >= 0.6 is 0 Å². The van der Waals surface area contributed by atoms with Crippen molar-refractivity contribution in [2.75, 3.05) is 0 Å². The van der Waals surface area contributed by atoms with Crippen LogP contribution < -0.4 is 0 Å². The van der Waals surface area contributed by atoms with Gasteiger partial charge in [-0.25, -0.2) is 0 Å². The number of fused-ring (bicyclic) bond motifs is 2. The second-order valence-electron chi connectivity index (χ2n) is 9.43. The van der Waals surface area contributed by atoms with E-state index in [1.54, 1.807) is 0 Å². The van der Waals surface area contributed by atoms with Gasteiger partial charge in [0, 0.05) is 11.8 Å². The van der Waals surface area contributed by atoms with E-state index in [1.165, 1.54) is 0 Å². The largest absolute Gasteiger partial charge is 0.413 e. The molecule has 2 aliphatic rings.